The lowest BCUT2D eigenvalue weighted by Gasteiger charge is -2.21. The average Bonchev–Trinajstić information content (AvgIpc) is 2.28. The first-order chi connectivity index (χ1) is 8.29. The van der Waals surface area contributed by atoms with Gasteiger partial charge in [0.15, 0.2) is 0 Å². The number of carboxylic acids is 1. The van der Waals surface area contributed by atoms with Gasteiger partial charge in [-0.25, -0.2) is 4.79 Å². The highest BCUT2D eigenvalue weighted by Gasteiger charge is 2.29. The molecular weight excluding hydrogens is 240 g/mol. The molecule has 0 aliphatic heterocycles. The van der Waals surface area contributed by atoms with Gasteiger partial charge in [-0.05, 0) is 20.3 Å². The Morgan fingerprint density at radius 3 is 2.28 bits per heavy atom. The van der Waals surface area contributed by atoms with Crippen LogP contribution in [-0.4, -0.2) is 36.2 Å². The summed E-state index contributed by atoms with van der Waals surface area (Å²) in [7, 11) is 1.20. The van der Waals surface area contributed by atoms with Gasteiger partial charge in [-0.1, -0.05) is 6.58 Å². The van der Waals surface area contributed by atoms with Crippen molar-refractivity contribution in [3.63, 3.8) is 0 Å². The van der Waals surface area contributed by atoms with Crippen LogP contribution in [0.1, 0.15) is 26.7 Å². The third-order valence-electron chi connectivity index (χ3n) is 2.38. The molecule has 0 radical (unpaired) electrons. The third kappa shape index (κ3) is 5.47. The van der Waals surface area contributed by atoms with Crippen molar-refractivity contribution in [3.8, 4) is 0 Å². The zero-order valence-electron chi connectivity index (χ0n) is 10.8. The topological polar surface area (TPSA) is 89.9 Å². The van der Waals surface area contributed by atoms with Crippen molar-refractivity contribution >= 4 is 17.9 Å². The van der Waals surface area contributed by atoms with Crippen molar-refractivity contribution in [2.24, 2.45) is 5.92 Å². The van der Waals surface area contributed by atoms with E-state index in [0.717, 1.165) is 0 Å². The molecule has 102 valence electrons. The number of carboxylic acid groups (broad SMARTS) is 1. The Morgan fingerprint density at radius 2 is 1.89 bits per heavy atom. The van der Waals surface area contributed by atoms with E-state index in [1.54, 1.807) is 0 Å². The van der Waals surface area contributed by atoms with Gasteiger partial charge in [0.25, 0.3) is 0 Å². The van der Waals surface area contributed by atoms with E-state index >= 15 is 0 Å². The molecule has 18 heavy (non-hydrogen) atoms. The fourth-order valence-corrected chi connectivity index (χ4v) is 1.33. The summed E-state index contributed by atoms with van der Waals surface area (Å²) >= 11 is 0. The number of methoxy groups -OCH3 is 1. The largest absolute Gasteiger partial charge is 0.481 e. The molecule has 0 heterocycles. The van der Waals surface area contributed by atoms with Gasteiger partial charge in [0.2, 0.25) is 0 Å². The van der Waals surface area contributed by atoms with Crippen molar-refractivity contribution < 1.29 is 29.0 Å². The van der Waals surface area contributed by atoms with Gasteiger partial charge in [0, 0.05) is 12.0 Å². The predicted octanol–water partition coefficient (Wildman–Crippen LogP) is 1.15. The van der Waals surface area contributed by atoms with Crippen molar-refractivity contribution in [1.82, 2.24) is 0 Å². The Balaban J connectivity index is 4.63. The Bertz CT molecular complexity index is 346. The Morgan fingerprint density at radius 1 is 1.33 bits per heavy atom. The summed E-state index contributed by atoms with van der Waals surface area (Å²) in [5.74, 6) is -3.04. The predicted molar refractivity (Wildman–Crippen MR) is 62.7 cm³/mol. The van der Waals surface area contributed by atoms with Crippen LogP contribution in [0.3, 0.4) is 0 Å². The summed E-state index contributed by atoms with van der Waals surface area (Å²) in [6.07, 6.45) is -0.914. The lowest BCUT2D eigenvalue weighted by atomic mass is 9.97. The highest BCUT2D eigenvalue weighted by atomic mass is 16.6. The van der Waals surface area contributed by atoms with E-state index in [1.165, 1.54) is 21.0 Å². The molecule has 0 aromatic carbocycles. The third-order valence-corrected chi connectivity index (χ3v) is 2.38. The molecule has 0 aliphatic carbocycles. The monoisotopic (exact) mass is 258 g/mol. The fourth-order valence-electron chi connectivity index (χ4n) is 1.33. The minimum Gasteiger partial charge on any atom is -0.481 e. The second kappa shape index (κ2) is 7.47. The van der Waals surface area contributed by atoms with Crippen LogP contribution in [0.25, 0.3) is 0 Å². The van der Waals surface area contributed by atoms with Crippen molar-refractivity contribution in [2.75, 3.05) is 7.11 Å². The van der Waals surface area contributed by atoms with Gasteiger partial charge in [0.1, 0.15) is 6.10 Å². The van der Waals surface area contributed by atoms with Crippen LogP contribution in [0.5, 0.6) is 0 Å². The first kappa shape index (κ1) is 16.1. The van der Waals surface area contributed by atoms with Gasteiger partial charge < -0.3 is 14.6 Å². The molecule has 0 aliphatic rings. The molecule has 0 amide bonds. The summed E-state index contributed by atoms with van der Waals surface area (Å²) in [6, 6.07) is 0. The molecular formula is C12H18O6. The number of carbonyl (C=O) groups excluding carboxylic acids is 2. The van der Waals surface area contributed by atoms with E-state index in [9.17, 15) is 14.4 Å². The number of rotatable bonds is 7. The summed E-state index contributed by atoms with van der Waals surface area (Å²) in [4.78, 5) is 33.3. The highest BCUT2D eigenvalue weighted by Crippen LogP contribution is 2.17. The molecule has 6 nitrogen and oxygen atoms in total. The van der Waals surface area contributed by atoms with Crippen LogP contribution in [-0.2, 0) is 23.9 Å². The van der Waals surface area contributed by atoms with Crippen LogP contribution in [0.2, 0.25) is 0 Å². The maximum atomic E-state index is 11.5. The standard InChI is InChI=1S/C12H18O6/c1-7(2)11(15)18-8(3)9(12(16)17-4)5-6-10(13)14/h8-9H,1,5-6H2,2-4H3,(H,13,14). The number of hydrogen-bond donors (Lipinski definition) is 1. The van der Waals surface area contributed by atoms with E-state index in [-0.39, 0.29) is 18.4 Å². The van der Waals surface area contributed by atoms with E-state index < -0.39 is 29.9 Å². The maximum Gasteiger partial charge on any atom is 0.333 e. The van der Waals surface area contributed by atoms with Crippen LogP contribution in [0.15, 0.2) is 12.2 Å². The number of esters is 2. The SMILES string of the molecule is C=C(C)C(=O)OC(C)C(CCC(=O)O)C(=O)OC. The van der Waals surface area contributed by atoms with Crippen LogP contribution in [0, 0.1) is 5.92 Å². The smallest absolute Gasteiger partial charge is 0.333 e. The average molecular weight is 258 g/mol. The van der Waals surface area contributed by atoms with Gasteiger partial charge in [-0.3, -0.25) is 9.59 Å². The van der Waals surface area contributed by atoms with Gasteiger partial charge in [-0.15, -0.1) is 0 Å². The summed E-state index contributed by atoms with van der Waals surface area (Å²) in [6.45, 7) is 6.43. The number of ether oxygens (including phenoxy) is 2. The van der Waals surface area contributed by atoms with Crippen LogP contribution >= 0.6 is 0 Å². The Labute approximate surface area is 106 Å². The van der Waals surface area contributed by atoms with E-state index in [0.29, 0.717) is 0 Å². The van der Waals surface area contributed by atoms with Gasteiger partial charge >= 0.3 is 17.9 Å². The molecule has 0 saturated carbocycles. The number of hydrogen-bond acceptors (Lipinski definition) is 5. The molecule has 2 unspecified atom stereocenters. The zero-order valence-corrected chi connectivity index (χ0v) is 10.8. The molecule has 1 N–H and O–H groups in total. The minimum atomic E-state index is -1.03. The normalized spacial score (nSPS) is 13.3. The number of aliphatic carboxylic acids is 1. The molecule has 0 fully saturated rings. The zero-order chi connectivity index (χ0) is 14.3. The quantitative estimate of drug-likeness (QED) is 0.544. The number of carbonyl (C=O) groups is 3. The molecule has 0 saturated heterocycles. The minimum absolute atomic E-state index is 0.0483. The highest BCUT2D eigenvalue weighted by molar-refractivity contribution is 5.87. The van der Waals surface area contributed by atoms with Crippen molar-refractivity contribution in [2.45, 2.75) is 32.8 Å². The molecule has 0 aromatic rings. The van der Waals surface area contributed by atoms with Gasteiger partial charge in [0.05, 0.1) is 13.0 Å². The van der Waals surface area contributed by atoms with E-state index in [4.69, 9.17) is 9.84 Å². The lowest BCUT2D eigenvalue weighted by molar-refractivity contribution is -0.157. The van der Waals surface area contributed by atoms with E-state index in [2.05, 4.69) is 11.3 Å². The second-order valence-electron chi connectivity index (χ2n) is 3.95. The fraction of sp³-hybridized carbons (Fsp3) is 0.583. The molecule has 6 heteroatoms. The van der Waals surface area contributed by atoms with Crippen LogP contribution in [0.4, 0.5) is 0 Å². The molecule has 2 atom stereocenters. The summed E-state index contributed by atoms with van der Waals surface area (Å²) in [5.41, 5.74) is 0.212. The first-order valence-corrected chi connectivity index (χ1v) is 5.45. The molecule has 0 aromatic heterocycles. The second-order valence-corrected chi connectivity index (χ2v) is 3.95. The maximum absolute atomic E-state index is 11.5. The van der Waals surface area contributed by atoms with Crippen LogP contribution < -0.4 is 0 Å². The Kier molecular flexibility index (Phi) is 6.70. The summed E-state index contributed by atoms with van der Waals surface area (Å²) in [5, 5.41) is 8.59. The van der Waals surface area contributed by atoms with E-state index in [1.807, 2.05) is 0 Å². The first-order valence-electron chi connectivity index (χ1n) is 5.45. The molecule has 0 rings (SSSR count). The molecule has 0 spiro atoms. The summed E-state index contributed by atoms with van der Waals surface area (Å²) < 4.78 is 9.56. The van der Waals surface area contributed by atoms with Crippen molar-refractivity contribution in [1.29, 1.82) is 0 Å². The Hall–Kier alpha value is -1.85. The molecule has 0 bridgehead atoms. The van der Waals surface area contributed by atoms with Crippen molar-refractivity contribution in [3.05, 3.63) is 12.2 Å². The van der Waals surface area contributed by atoms with Gasteiger partial charge in [-0.2, -0.15) is 0 Å². The lowest BCUT2D eigenvalue weighted by Crippen LogP contribution is -2.32.